The van der Waals surface area contributed by atoms with Gasteiger partial charge in [-0.05, 0) is 55.5 Å². The van der Waals surface area contributed by atoms with Crippen LogP contribution in [-0.4, -0.2) is 12.7 Å². The zero-order valence-electron chi connectivity index (χ0n) is 14.6. The van der Waals surface area contributed by atoms with Gasteiger partial charge in [-0.25, -0.2) is 14.1 Å². The molecule has 0 radical (unpaired) electrons. The zero-order chi connectivity index (χ0) is 17.6. The lowest BCUT2D eigenvalue weighted by Crippen LogP contribution is -2.29. The highest BCUT2D eigenvalue weighted by Gasteiger charge is 2.22. The molecular formula is C21H24FNO2. The molecule has 0 aromatic heterocycles. The summed E-state index contributed by atoms with van der Waals surface area (Å²) in [4.78, 5) is 14.2. The maximum Gasteiger partial charge on any atom is 0.418 e. The van der Waals surface area contributed by atoms with Gasteiger partial charge >= 0.3 is 6.09 Å². The van der Waals surface area contributed by atoms with Crippen molar-refractivity contribution in [1.82, 2.24) is 0 Å². The van der Waals surface area contributed by atoms with E-state index in [-0.39, 0.29) is 5.82 Å². The van der Waals surface area contributed by atoms with E-state index >= 15 is 0 Å². The van der Waals surface area contributed by atoms with Gasteiger partial charge in [-0.15, -0.1) is 0 Å². The van der Waals surface area contributed by atoms with Gasteiger partial charge in [0.15, 0.2) is 0 Å². The minimum Gasteiger partial charge on any atom is -0.449 e. The number of hydrogen-bond donors (Lipinski definition) is 0. The molecule has 0 atom stereocenters. The summed E-state index contributed by atoms with van der Waals surface area (Å²) in [5, 5.41) is 0. The van der Waals surface area contributed by atoms with Gasteiger partial charge < -0.3 is 4.74 Å². The molecule has 0 unspecified atom stereocenters. The lowest BCUT2D eigenvalue weighted by Gasteiger charge is -2.25. The van der Waals surface area contributed by atoms with E-state index in [1.165, 1.54) is 30.2 Å². The first kappa shape index (κ1) is 17.5. The molecule has 132 valence electrons. The second-order valence-electron chi connectivity index (χ2n) is 6.69. The summed E-state index contributed by atoms with van der Waals surface area (Å²) >= 11 is 0. The van der Waals surface area contributed by atoms with E-state index in [2.05, 4.69) is 0 Å². The van der Waals surface area contributed by atoms with Crippen LogP contribution in [0.5, 0.6) is 0 Å². The van der Waals surface area contributed by atoms with Crippen LogP contribution in [0.4, 0.5) is 20.6 Å². The molecule has 1 amide bonds. The van der Waals surface area contributed by atoms with Gasteiger partial charge in [0.1, 0.15) is 5.82 Å². The Morgan fingerprint density at radius 1 is 1.08 bits per heavy atom. The van der Waals surface area contributed by atoms with Gasteiger partial charge in [-0.1, -0.05) is 43.5 Å². The van der Waals surface area contributed by atoms with Gasteiger partial charge in [0.05, 0.1) is 18.0 Å². The number of carbonyl (C=O) groups is 1. The molecule has 2 aromatic rings. The van der Waals surface area contributed by atoms with Crippen molar-refractivity contribution in [1.29, 1.82) is 0 Å². The average Bonchev–Trinajstić information content (AvgIpc) is 2.65. The fraction of sp³-hybridized carbons (Fsp3) is 0.381. The van der Waals surface area contributed by atoms with Crippen molar-refractivity contribution in [2.24, 2.45) is 5.92 Å². The van der Waals surface area contributed by atoms with E-state index in [4.69, 9.17) is 4.74 Å². The van der Waals surface area contributed by atoms with Crippen LogP contribution in [0, 0.1) is 18.7 Å². The number of nitrogens with zero attached hydrogens (tertiary/aromatic N) is 1. The fourth-order valence-electron chi connectivity index (χ4n) is 3.27. The van der Waals surface area contributed by atoms with Gasteiger partial charge in [0.25, 0.3) is 0 Å². The van der Waals surface area contributed by atoms with E-state index < -0.39 is 6.09 Å². The highest BCUT2D eigenvalue weighted by molar-refractivity contribution is 5.96. The maximum atomic E-state index is 14.0. The largest absolute Gasteiger partial charge is 0.449 e. The first-order chi connectivity index (χ1) is 12.1. The van der Waals surface area contributed by atoms with Gasteiger partial charge in [0.2, 0.25) is 0 Å². The van der Waals surface area contributed by atoms with Crippen LogP contribution in [0.3, 0.4) is 0 Å². The Labute approximate surface area is 148 Å². The first-order valence-electron chi connectivity index (χ1n) is 8.93. The molecule has 3 nitrogen and oxygen atoms in total. The molecule has 0 aliphatic heterocycles. The monoisotopic (exact) mass is 341 g/mol. The molecule has 25 heavy (non-hydrogen) atoms. The summed E-state index contributed by atoms with van der Waals surface area (Å²) in [7, 11) is 0. The minimum atomic E-state index is -0.458. The van der Waals surface area contributed by atoms with Crippen LogP contribution in [0.2, 0.25) is 0 Å². The summed E-state index contributed by atoms with van der Waals surface area (Å²) in [6, 6.07) is 14.0. The number of ether oxygens (including phenoxy) is 1. The van der Waals surface area contributed by atoms with Crippen molar-refractivity contribution in [3.63, 3.8) is 0 Å². The third-order valence-corrected chi connectivity index (χ3v) is 4.78. The van der Waals surface area contributed by atoms with Crippen LogP contribution in [0.15, 0.2) is 48.5 Å². The number of para-hydroxylation sites is 1. The molecule has 2 aromatic carbocycles. The van der Waals surface area contributed by atoms with Crippen molar-refractivity contribution in [2.45, 2.75) is 39.0 Å². The van der Waals surface area contributed by atoms with Crippen LogP contribution in [-0.2, 0) is 4.74 Å². The smallest absolute Gasteiger partial charge is 0.418 e. The van der Waals surface area contributed by atoms with E-state index in [9.17, 15) is 9.18 Å². The molecule has 0 heterocycles. The first-order valence-corrected chi connectivity index (χ1v) is 8.93. The molecular weight excluding hydrogens is 317 g/mol. The SMILES string of the molecule is Cc1ccc(N(C(=O)OCC2CCCCC2)c2ccccc2)cc1F. The van der Waals surface area contributed by atoms with Gasteiger partial charge in [0, 0.05) is 0 Å². The summed E-state index contributed by atoms with van der Waals surface area (Å²) in [5.41, 5.74) is 1.69. The van der Waals surface area contributed by atoms with Crippen LogP contribution < -0.4 is 4.90 Å². The number of halogens is 1. The van der Waals surface area contributed by atoms with E-state index in [1.807, 2.05) is 30.3 Å². The van der Waals surface area contributed by atoms with E-state index in [0.717, 1.165) is 12.8 Å². The molecule has 1 aliphatic carbocycles. The van der Waals surface area contributed by atoms with Crippen molar-refractivity contribution in [3.05, 3.63) is 59.9 Å². The van der Waals surface area contributed by atoms with Crippen molar-refractivity contribution < 1.29 is 13.9 Å². The normalized spacial score (nSPS) is 15.0. The predicted octanol–water partition coefficient (Wildman–Crippen LogP) is 5.99. The van der Waals surface area contributed by atoms with Crippen LogP contribution in [0.1, 0.15) is 37.7 Å². The summed E-state index contributed by atoms with van der Waals surface area (Å²) in [5.74, 6) is 0.101. The third-order valence-electron chi connectivity index (χ3n) is 4.78. The third kappa shape index (κ3) is 4.38. The fourth-order valence-corrected chi connectivity index (χ4v) is 3.27. The maximum absolute atomic E-state index is 14.0. The number of aryl methyl sites for hydroxylation is 1. The second-order valence-corrected chi connectivity index (χ2v) is 6.69. The molecule has 1 aliphatic rings. The molecule has 0 spiro atoms. The van der Waals surface area contributed by atoms with Crippen molar-refractivity contribution >= 4 is 17.5 Å². The summed E-state index contributed by atoms with van der Waals surface area (Å²) in [6.07, 6.45) is 5.43. The molecule has 0 bridgehead atoms. The lowest BCUT2D eigenvalue weighted by molar-refractivity contribution is 0.124. The standard InChI is InChI=1S/C21H24FNO2/c1-16-12-13-19(14-20(16)22)23(18-10-6-3-7-11-18)21(24)25-15-17-8-4-2-5-9-17/h3,6-7,10-14,17H,2,4-5,8-9,15H2,1H3. The Morgan fingerprint density at radius 3 is 2.48 bits per heavy atom. The number of hydrogen-bond acceptors (Lipinski definition) is 2. The van der Waals surface area contributed by atoms with Crippen LogP contribution >= 0.6 is 0 Å². The summed E-state index contributed by atoms with van der Waals surface area (Å²) in [6.45, 7) is 2.13. The number of anilines is 2. The molecule has 1 saturated carbocycles. The highest BCUT2D eigenvalue weighted by Crippen LogP contribution is 2.29. The summed E-state index contributed by atoms with van der Waals surface area (Å²) < 4.78 is 19.6. The zero-order valence-corrected chi connectivity index (χ0v) is 14.6. The number of rotatable bonds is 4. The minimum absolute atomic E-state index is 0.335. The predicted molar refractivity (Wildman–Crippen MR) is 97.6 cm³/mol. The topological polar surface area (TPSA) is 29.5 Å². The molecule has 4 heteroatoms. The number of amides is 1. The van der Waals surface area contributed by atoms with Crippen molar-refractivity contribution in [2.75, 3.05) is 11.5 Å². The molecule has 3 rings (SSSR count). The van der Waals surface area contributed by atoms with Gasteiger partial charge in [-0.3, -0.25) is 0 Å². The van der Waals surface area contributed by atoms with E-state index in [0.29, 0.717) is 29.5 Å². The average molecular weight is 341 g/mol. The highest BCUT2D eigenvalue weighted by atomic mass is 19.1. The Bertz CT molecular complexity index is 711. The lowest BCUT2D eigenvalue weighted by atomic mass is 9.90. The Hall–Kier alpha value is -2.36. The number of carbonyl (C=O) groups excluding carboxylic acids is 1. The van der Waals surface area contributed by atoms with Crippen LogP contribution in [0.25, 0.3) is 0 Å². The van der Waals surface area contributed by atoms with E-state index in [1.54, 1.807) is 19.1 Å². The molecule has 1 fully saturated rings. The Balaban J connectivity index is 1.80. The second kappa shape index (κ2) is 8.15. The Kier molecular flexibility index (Phi) is 5.69. The molecule has 0 saturated heterocycles. The Morgan fingerprint density at radius 2 is 1.80 bits per heavy atom. The number of benzene rings is 2. The van der Waals surface area contributed by atoms with Crippen molar-refractivity contribution in [3.8, 4) is 0 Å². The van der Waals surface area contributed by atoms with Gasteiger partial charge in [-0.2, -0.15) is 0 Å². The molecule has 0 N–H and O–H groups in total. The quantitative estimate of drug-likeness (QED) is 0.683.